The lowest BCUT2D eigenvalue weighted by Crippen LogP contribution is -2.36. The molecule has 3 N–H and O–H groups in total. The summed E-state index contributed by atoms with van der Waals surface area (Å²) in [6.07, 6.45) is 3.23. The van der Waals surface area contributed by atoms with Crippen molar-refractivity contribution in [3.63, 3.8) is 0 Å². The number of anilines is 3. The Morgan fingerprint density at radius 1 is 1.10 bits per heavy atom. The first-order valence-corrected chi connectivity index (χ1v) is 9.81. The Hall–Kier alpha value is -3.72. The van der Waals surface area contributed by atoms with Crippen LogP contribution >= 0.6 is 0 Å². The first kappa shape index (κ1) is 19.3. The molecule has 1 saturated heterocycles. The van der Waals surface area contributed by atoms with Crippen molar-refractivity contribution in [2.45, 2.75) is 0 Å². The van der Waals surface area contributed by atoms with E-state index in [-0.39, 0.29) is 17.1 Å². The highest BCUT2D eigenvalue weighted by molar-refractivity contribution is 5.99. The lowest BCUT2D eigenvalue weighted by Gasteiger charge is -2.28. The molecule has 0 atom stereocenters. The van der Waals surface area contributed by atoms with Crippen LogP contribution in [0.15, 0.2) is 48.8 Å². The molecule has 0 amide bonds. The minimum atomic E-state index is -0.717. The molecule has 4 heterocycles. The number of hydrogen-bond donors (Lipinski definition) is 3. The van der Waals surface area contributed by atoms with Gasteiger partial charge in [0.1, 0.15) is 17.5 Å². The molecule has 3 aromatic heterocycles. The van der Waals surface area contributed by atoms with E-state index in [9.17, 15) is 13.9 Å². The Labute approximate surface area is 176 Å². The number of rotatable bonds is 4. The fraction of sp³-hybridized carbons (Fsp3) is 0.182. The summed E-state index contributed by atoms with van der Waals surface area (Å²) in [5.74, 6) is -1.02. The summed E-state index contributed by atoms with van der Waals surface area (Å²) in [7, 11) is 0. The predicted molar refractivity (Wildman–Crippen MR) is 114 cm³/mol. The maximum absolute atomic E-state index is 14.3. The molecule has 1 aliphatic heterocycles. The number of aromatic hydroxyl groups is 1. The smallest absolute Gasteiger partial charge is 0.200 e. The number of hydrogen-bond acceptors (Lipinski definition) is 6. The van der Waals surface area contributed by atoms with E-state index in [0.717, 1.165) is 18.8 Å². The van der Waals surface area contributed by atoms with Gasteiger partial charge in [-0.25, -0.2) is 18.7 Å². The average Bonchev–Trinajstić information content (AvgIpc) is 3.16. The summed E-state index contributed by atoms with van der Waals surface area (Å²) in [4.78, 5) is 13.6. The molecule has 9 heteroatoms. The largest absolute Gasteiger partial charge is 0.494 e. The van der Waals surface area contributed by atoms with Crippen LogP contribution in [0.3, 0.4) is 0 Å². The van der Waals surface area contributed by atoms with Crippen molar-refractivity contribution < 1.29 is 18.6 Å². The monoisotopic (exact) mass is 423 g/mol. The number of aromatic nitrogens is 3. The van der Waals surface area contributed by atoms with Gasteiger partial charge >= 0.3 is 0 Å². The van der Waals surface area contributed by atoms with Crippen LogP contribution < -0.4 is 10.2 Å². The first-order chi connectivity index (χ1) is 15.1. The minimum Gasteiger partial charge on any atom is -0.494 e. The molecule has 4 aromatic rings. The van der Waals surface area contributed by atoms with Gasteiger partial charge in [0, 0.05) is 19.3 Å². The van der Waals surface area contributed by atoms with Crippen LogP contribution in [-0.2, 0) is 4.74 Å². The molecule has 1 aliphatic rings. The van der Waals surface area contributed by atoms with Crippen LogP contribution in [0.25, 0.3) is 22.2 Å². The fourth-order valence-corrected chi connectivity index (χ4v) is 3.70. The maximum atomic E-state index is 14.3. The van der Waals surface area contributed by atoms with Gasteiger partial charge in [-0.15, -0.1) is 0 Å². The van der Waals surface area contributed by atoms with Crippen molar-refractivity contribution in [1.82, 2.24) is 15.0 Å². The molecule has 1 fully saturated rings. The van der Waals surface area contributed by atoms with Crippen molar-refractivity contribution >= 4 is 28.1 Å². The van der Waals surface area contributed by atoms with E-state index >= 15 is 0 Å². The SMILES string of the molecule is Oc1[nH]cc2nc(-c3c(F)cccc3F)cc(Nc3ccc(N4CCOCC4)cn3)c12. The van der Waals surface area contributed by atoms with Crippen LogP contribution in [0.4, 0.5) is 26.0 Å². The van der Waals surface area contributed by atoms with Gasteiger partial charge in [-0.2, -0.15) is 0 Å². The Bertz CT molecular complexity index is 1220. The minimum absolute atomic E-state index is 0.101. The van der Waals surface area contributed by atoms with Crippen molar-refractivity contribution in [2.24, 2.45) is 0 Å². The Balaban J connectivity index is 1.52. The third-order valence-electron chi connectivity index (χ3n) is 5.24. The van der Waals surface area contributed by atoms with Gasteiger partial charge in [0.25, 0.3) is 0 Å². The number of morpholine rings is 1. The Kier molecular flexibility index (Phi) is 4.87. The molecule has 0 unspecified atom stereocenters. The Morgan fingerprint density at radius 2 is 1.87 bits per heavy atom. The van der Waals surface area contributed by atoms with E-state index in [1.807, 2.05) is 12.1 Å². The molecule has 7 nitrogen and oxygen atoms in total. The zero-order valence-electron chi connectivity index (χ0n) is 16.4. The van der Waals surface area contributed by atoms with Gasteiger partial charge in [-0.1, -0.05) is 6.07 Å². The third kappa shape index (κ3) is 3.64. The van der Waals surface area contributed by atoms with Crippen molar-refractivity contribution in [3.05, 3.63) is 60.4 Å². The van der Waals surface area contributed by atoms with Crippen molar-refractivity contribution in [2.75, 3.05) is 36.5 Å². The second kappa shape index (κ2) is 7.84. The quantitative estimate of drug-likeness (QED) is 0.456. The maximum Gasteiger partial charge on any atom is 0.200 e. The Morgan fingerprint density at radius 3 is 2.58 bits per heavy atom. The molecule has 0 saturated carbocycles. The summed E-state index contributed by atoms with van der Waals surface area (Å²) >= 11 is 0. The molecule has 0 radical (unpaired) electrons. The number of fused-ring (bicyclic) bond motifs is 1. The second-order valence-electron chi connectivity index (χ2n) is 7.18. The number of nitrogens with zero attached hydrogens (tertiary/aromatic N) is 3. The number of halogens is 2. The number of nitrogens with one attached hydrogen (secondary N) is 2. The summed E-state index contributed by atoms with van der Waals surface area (Å²) in [5, 5.41) is 13.8. The molecule has 0 bridgehead atoms. The number of aromatic amines is 1. The first-order valence-electron chi connectivity index (χ1n) is 9.81. The topological polar surface area (TPSA) is 86.3 Å². The summed E-state index contributed by atoms with van der Waals surface area (Å²) in [6, 6.07) is 8.90. The zero-order chi connectivity index (χ0) is 21.4. The van der Waals surface area contributed by atoms with Crippen LogP contribution in [0.2, 0.25) is 0 Å². The van der Waals surface area contributed by atoms with Crippen molar-refractivity contribution in [1.29, 1.82) is 0 Å². The van der Waals surface area contributed by atoms with Crippen LogP contribution in [0.5, 0.6) is 5.88 Å². The van der Waals surface area contributed by atoms with Crippen LogP contribution in [-0.4, -0.2) is 46.4 Å². The van der Waals surface area contributed by atoms with E-state index in [4.69, 9.17) is 4.74 Å². The molecule has 158 valence electrons. The average molecular weight is 423 g/mol. The van der Waals surface area contributed by atoms with Gasteiger partial charge in [-0.05, 0) is 30.3 Å². The fourth-order valence-electron chi connectivity index (χ4n) is 3.70. The molecule has 31 heavy (non-hydrogen) atoms. The van der Waals surface area contributed by atoms with Gasteiger partial charge in [0.15, 0.2) is 5.88 Å². The highest BCUT2D eigenvalue weighted by Crippen LogP contribution is 2.36. The molecule has 5 rings (SSSR count). The number of H-pyrrole nitrogens is 1. The molecular formula is C22H19F2N5O2. The van der Waals surface area contributed by atoms with Gasteiger partial charge in [-0.3, -0.25) is 0 Å². The molecule has 0 aliphatic carbocycles. The lowest BCUT2D eigenvalue weighted by atomic mass is 10.1. The molecular weight excluding hydrogens is 404 g/mol. The highest BCUT2D eigenvalue weighted by atomic mass is 19.1. The third-order valence-corrected chi connectivity index (χ3v) is 5.24. The van der Waals surface area contributed by atoms with Crippen molar-refractivity contribution in [3.8, 4) is 17.1 Å². The highest BCUT2D eigenvalue weighted by Gasteiger charge is 2.18. The number of pyridine rings is 2. The number of ether oxygens (including phenoxy) is 1. The van der Waals surface area contributed by atoms with E-state index in [1.165, 1.54) is 30.5 Å². The summed E-state index contributed by atoms with van der Waals surface area (Å²) < 4.78 is 34.0. The lowest BCUT2D eigenvalue weighted by molar-refractivity contribution is 0.122. The summed E-state index contributed by atoms with van der Waals surface area (Å²) in [6.45, 7) is 2.96. The van der Waals surface area contributed by atoms with Crippen LogP contribution in [0, 0.1) is 11.6 Å². The normalized spacial score (nSPS) is 14.2. The van der Waals surface area contributed by atoms with Gasteiger partial charge in [0.2, 0.25) is 0 Å². The zero-order valence-corrected chi connectivity index (χ0v) is 16.4. The molecule has 0 spiro atoms. The van der Waals surface area contributed by atoms with E-state index in [0.29, 0.717) is 35.6 Å². The predicted octanol–water partition coefficient (Wildman–Crippen LogP) is 4.19. The standard InChI is InChI=1S/C22H19F2N5O2/c23-14-2-1-3-15(24)20(14)16-10-17(21-18(27-16)12-26-22(21)30)28-19-5-4-13(11-25-19)29-6-8-31-9-7-29/h1-5,10-12,26,30H,6-9H2,(H,25,28). The van der Waals surface area contributed by atoms with E-state index in [2.05, 4.69) is 25.2 Å². The van der Waals surface area contributed by atoms with E-state index < -0.39 is 11.6 Å². The number of benzene rings is 1. The molecule has 1 aromatic carbocycles. The van der Waals surface area contributed by atoms with Gasteiger partial charge in [0.05, 0.1) is 52.9 Å². The van der Waals surface area contributed by atoms with Gasteiger partial charge < -0.3 is 25.0 Å². The van der Waals surface area contributed by atoms with Crippen LogP contribution in [0.1, 0.15) is 0 Å². The summed E-state index contributed by atoms with van der Waals surface area (Å²) in [5.41, 5.74) is 1.64. The second-order valence-corrected chi connectivity index (χ2v) is 7.18. The van der Waals surface area contributed by atoms with E-state index in [1.54, 1.807) is 6.20 Å².